The number of nitrogens with zero attached hydrogens (tertiary/aromatic N) is 1. The highest BCUT2D eigenvalue weighted by molar-refractivity contribution is 7.10. The van der Waals surface area contributed by atoms with Crippen LogP contribution in [0, 0.1) is 0 Å². The molecule has 1 amide bonds. The number of thiophene rings is 1. The number of ether oxygens (including phenoxy) is 1. The van der Waals surface area contributed by atoms with Crippen molar-refractivity contribution >= 4 is 35.1 Å². The van der Waals surface area contributed by atoms with E-state index in [0.29, 0.717) is 33.4 Å². The van der Waals surface area contributed by atoms with E-state index in [0.717, 1.165) is 17.0 Å². The third-order valence-electron chi connectivity index (χ3n) is 4.44. The van der Waals surface area contributed by atoms with E-state index in [1.807, 2.05) is 19.9 Å². The van der Waals surface area contributed by atoms with Gasteiger partial charge in [-0.05, 0) is 47.9 Å². The van der Waals surface area contributed by atoms with Gasteiger partial charge in [-0.15, -0.1) is 11.3 Å². The van der Waals surface area contributed by atoms with Gasteiger partial charge in [0.1, 0.15) is 12.4 Å². The van der Waals surface area contributed by atoms with Crippen LogP contribution in [0.2, 0.25) is 5.02 Å². The average molecular weight is 481 g/mol. The molecule has 2 aromatic carbocycles. The molecule has 1 N–H and O–H groups in total. The lowest BCUT2D eigenvalue weighted by molar-refractivity contribution is -0.137. The molecule has 0 saturated heterocycles. The summed E-state index contributed by atoms with van der Waals surface area (Å²) in [6.45, 7) is 4.02. The number of carbonyl (C=O) groups is 1. The summed E-state index contributed by atoms with van der Waals surface area (Å²) in [4.78, 5) is 13.4. The zero-order valence-corrected chi connectivity index (χ0v) is 18.8. The van der Waals surface area contributed by atoms with E-state index < -0.39 is 11.7 Å². The Morgan fingerprint density at radius 2 is 2.00 bits per heavy atom. The summed E-state index contributed by atoms with van der Waals surface area (Å²) >= 11 is 7.55. The van der Waals surface area contributed by atoms with Crippen molar-refractivity contribution in [2.75, 3.05) is 0 Å². The Hall–Kier alpha value is -2.84. The second-order valence-corrected chi connectivity index (χ2v) is 8.64. The molecule has 0 aliphatic rings. The van der Waals surface area contributed by atoms with E-state index in [9.17, 15) is 18.0 Å². The number of hydrogen-bond acceptors (Lipinski definition) is 4. The first-order valence-electron chi connectivity index (χ1n) is 9.64. The fourth-order valence-electron chi connectivity index (χ4n) is 2.75. The smallest absolute Gasteiger partial charge is 0.416 e. The summed E-state index contributed by atoms with van der Waals surface area (Å²) in [6.07, 6.45) is -3.05. The number of alkyl halides is 3. The molecular formula is C23H20ClF3N2O2S. The molecular weight excluding hydrogens is 461 g/mol. The number of hydrogen-bond donors (Lipinski definition) is 1. The van der Waals surface area contributed by atoms with Crippen LogP contribution in [-0.4, -0.2) is 12.1 Å². The van der Waals surface area contributed by atoms with Gasteiger partial charge < -0.3 is 4.74 Å². The predicted octanol–water partition coefficient (Wildman–Crippen LogP) is 6.89. The summed E-state index contributed by atoms with van der Waals surface area (Å²) in [6, 6.07) is 11.5. The molecule has 0 bridgehead atoms. The van der Waals surface area contributed by atoms with Crippen molar-refractivity contribution in [3.05, 3.63) is 86.1 Å². The first kappa shape index (κ1) is 23.8. The second kappa shape index (κ2) is 10.2. The Labute approximate surface area is 192 Å². The van der Waals surface area contributed by atoms with Crippen molar-refractivity contribution < 1.29 is 22.7 Å². The van der Waals surface area contributed by atoms with Crippen LogP contribution < -0.4 is 10.2 Å². The molecule has 3 aromatic rings. The fourth-order valence-corrected chi connectivity index (χ4v) is 3.84. The van der Waals surface area contributed by atoms with Crippen molar-refractivity contribution in [2.24, 2.45) is 5.10 Å². The van der Waals surface area contributed by atoms with Gasteiger partial charge in [0.05, 0.1) is 17.3 Å². The van der Waals surface area contributed by atoms with Crippen LogP contribution in [0.4, 0.5) is 13.2 Å². The molecule has 0 atom stereocenters. The summed E-state index contributed by atoms with van der Waals surface area (Å²) in [5.41, 5.74) is 3.07. The van der Waals surface area contributed by atoms with Crippen LogP contribution in [0.25, 0.3) is 0 Å². The van der Waals surface area contributed by atoms with Gasteiger partial charge in [-0.3, -0.25) is 4.79 Å². The normalized spacial score (nSPS) is 11.8. The number of rotatable bonds is 7. The van der Waals surface area contributed by atoms with Crippen LogP contribution in [0.15, 0.2) is 59.0 Å². The molecule has 1 heterocycles. The lowest BCUT2D eigenvalue weighted by Gasteiger charge is -2.12. The number of carbonyl (C=O) groups excluding carboxylic acids is 1. The highest BCUT2D eigenvalue weighted by Gasteiger charge is 2.30. The first-order valence-corrected chi connectivity index (χ1v) is 10.9. The Balaban J connectivity index is 1.69. The van der Waals surface area contributed by atoms with E-state index in [1.165, 1.54) is 23.6 Å². The molecule has 1 aromatic heterocycles. The third-order valence-corrected chi connectivity index (χ3v) is 5.91. The minimum Gasteiger partial charge on any atom is -0.488 e. The molecule has 168 valence electrons. The van der Waals surface area contributed by atoms with Crippen LogP contribution in [0.5, 0.6) is 5.75 Å². The molecule has 32 heavy (non-hydrogen) atoms. The van der Waals surface area contributed by atoms with Crippen LogP contribution in [0.1, 0.15) is 51.7 Å². The summed E-state index contributed by atoms with van der Waals surface area (Å²) < 4.78 is 44.4. The standard InChI is InChI=1S/C23H20ClF3N2O2S/c1-14(2)21-10-17(13-32-21)22(30)29-28-11-16-9-19(24)6-7-20(16)31-12-15-4-3-5-18(8-15)23(25,26)27/h3-11,13-14H,12H2,1-2H3,(H,29,30). The Morgan fingerprint density at radius 1 is 1.22 bits per heavy atom. The Bertz CT molecular complexity index is 1130. The van der Waals surface area contributed by atoms with Crippen LogP contribution >= 0.6 is 22.9 Å². The number of hydrazone groups is 1. The van der Waals surface area contributed by atoms with Crippen molar-refractivity contribution in [3.63, 3.8) is 0 Å². The predicted molar refractivity (Wildman–Crippen MR) is 121 cm³/mol. The quantitative estimate of drug-likeness (QED) is 0.296. The molecule has 0 saturated carbocycles. The molecule has 0 fully saturated rings. The highest BCUT2D eigenvalue weighted by atomic mass is 35.5. The zero-order chi connectivity index (χ0) is 23.3. The van der Waals surface area contributed by atoms with Crippen molar-refractivity contribution in [1.82, 2.24) is 5.43 Å². The minimum absolute atomic E-state index is 0.0777. The van der Waals surface area contributed by atoms with Crippen molar-refractivity contribution in [1.29, 1.82) is 0 Å². The maximum Gasteiger partial charge on any atom is 0.416 e. The van der Waals surface area contributed by atoms with Gasteiger partial charge in [-0.1, -0.05) is 37.6 Å². The van der Waals surface area contributed by atoms with Gasteiger partial charge in [-0.25, -0.2) is 5.43 Å². The number of amides is 1. The molecule has 4 nitrogen and oxygen atoms in total. The van der Waals surface area contributed by atoms with E-state index in [1.54, 1.807) is 29.6 Å². The fraction of sp³-hybridized carbons (Fsp3) is 0.217. The monoisotopic (exact) mass is 480 g/mol. The SMILES string of the molecule is CC(C)c1cc(C(=O)NN=Cc2cc(Cl)ccc2OCc2cccc(C(F)(F)F)c2)cs1. The lowest BCUT2D eigenvalue weighted by Crippen LogP contribution is -2.16. The van der Waals surface area contributed by atoms with E-state index in [4.69, 9.17) is 16.3 Å². The molecule has 9 heteroatoms. The Morgan fingerprint density at radius 3 is 2.69 bits per heavy atom. The zero-order valence-electron chi connectivity index (χ0n) is 17.2. The van der Waals surface area contributed by atoms with Gasteiger partial charge in [0, 0.05) is 20.8 Å². The molecule has 0 radical (unpaired) electrons. The van der Waals surface area contributed by atoms with Gasteiger partial charge in [-0.2, -0.15) is 18.3 Å². The molecule has 0 aliphatic heterocycles. The number of nitrogens with one attached hydrogen (secondary N) is 1. The van der Waals surface area contributed by atoms with Crippen LogP contribution in [0.3, 0.4) is 0 Å². The number of halogens is 4. The molecule has 3 rings (SSSR count). The summed E-state index contributed by atoms with van der Waals surface area (Å²) in [7, 11) is 0. The van der Waals surface area contributed by atoms with E-state index >= 15 is 0 Å². The van der Waals surface area contributed by atoms with Crippen LogP contribution in [-0.2, 0) is 12.8 Å². The Kier molecular flexibility index (Phi) is 7.58. The molecule has 0 spiro atoms. The molecule has 0 aliphatic carbocycles. The topological polar surface area (TPSA) is 50.7 Å². The lowest BCUT2D eigenvalue weighted by atomic mass is 10.1. The maximum absolute atomic E-state index is 12.9. The highest BCUT2D eigenvalue weighted by Crippen LogP contribution is 2.30. The summed E-state index contributed by atoms with van der Waals surface area (Å²) in [5.74, 6) is 0.341. The maximum atomic E-state index is 12.9. The van der Waals surface area contributed by atoms with Crippen molar-refractivity contribution in [2.45, 2.75) is 32.5 Å². The van der Waals surface area contributed by atoms with Gasteiger partial charge in [0.2, 0.25) is 0 Å². The number of benzene rings is 2. The van der Waals surface area contributed by atoms with E-state index in [2.05, 4.69) is 10.5 Å². The van der Waals surface area contributed by atoms with Crippen molar-refractivity contribution in [3.8, 4) is 5.75 Å². The first-order chi connectivity index (χ1) is 15.1. The summed E-state index contributed by atoms with van der Waals surface area (Å²) in [5, 5.41) is 6.15. The van der Waals surface area contributed by atoms with Gasteiger partial charge >= 0.3 is 6.18 Å². The van der Waals surface area contributed by atoms with Gasteiger partial charge in [0.25, 0.3) is 5.91 Å². The average Bonchev–Trinajstić information content (AvgIpc) is 3.23. The third kappa shape index (κ3) is 6.34. The second-order valence-electron chi connectivity index (χ2n) is 7.26. The largest absolute Gasteiger partial charge is 0.488 e. The minimum atomic E-state index is -4.43. The molecule has 0 unspecified atom stereocenters. The van der Waals surface area contributed by atoms with Gasteiger partial charge in [0.15, 0.2) is 0 Å². The van der Waals surface area contributed by atoms with E-state index in [-0.39, 0.29) is 12.5 Å².